The second kappa shape index (κ2) is 4.17. The van der Waals surface area contributed by atoms with Crippen LogP contribution >= 0.6 is 0 Å². The molecule has 12 heavy (non-hydrogen) atoms. The van der Waals surface area contributed by atoms with Crippen LogP contribution in [0.5, 0.6) is 0 Å². The predicted octanol–water partition coefficient (Wildman–Crippen LogP) is 2.41. The highest BCUT2D eigenvalue weighted by molar-refractivity contribution is 4.82. The molecule has 0 aliphatic heterocycles. The average Bonchev–Trinajstić information content (AvgIpc) is 2.04. The highest BCUT2D eigenvalue weighted by Gasteiger charge is 2.31. The molecular weight excluding hydrogens is 160 g/mol. The highest BCUT2D eigenvalue weighted by atomic mass is 19.3. The summed E-state index contributed by atoms with van der Waals surface area (Å²) in [5.41, 5.74) is 5.43. The summed E-state index contributed by atoms with van der Waals surface area (Å²) in [6.07, 6.45) is 1.83. The Morgan fingerprint density at radius 3 is 2.33 bits per heavy atom. The summed E-state index contributed by atoms with van der Waals surface area (Å²) in [5, 5.41) is 0. The predicted molar refractivity (Wildman–Crippen MR) is 45.1 cm³/mol. The molecule has 0 heterocycles. The number of halogens is 2. The van der Waals surface area contributed by atoms with Crippen LogP contribution in [0.1, 0.15) is 32.6 Å². The maximum Gasteiger partial charge on any atom is 0.253 e. The molecule has 0 spiro atoms. The molecule has 1 fully saturated rings. The van der Waals surface area contributed by atoms with Gasteiger partial charge in [-0.2, -0.15) is 0 Å². The molecule has 3 heteroatoms. The molecule has 1 saturated carbocycles. The Morgan fingerprint density at radius 1 is 1.25 bits per heavy atom. The Kier molecular flexibility index (Phi) is 3.44. The number of hydrogen-bond acceptors (Lipinski definition) is 1. The summed E-state index contributed by atoms with van der Waals surface area (Å²) in [6, 6.07) is -0.903. The van der Waals surface area contributed by atoms with Gasteiger partial charge in [0.15, 0.2) is 0 Å². The van der Waals surface area contributed by atoms with Crippen molar-refractivity contribution < 1.29 is 8.78 Å². The van der Waals surface area contributed by atoms with Gasteiger partial charge < -0.3 is 5.73 Å². The minimum absolute atomic E-state index is 0.0405. The van der Waals surface area contributed by atoms with E-state index in [-0.39, 0.29) is 5.92 Å². The Balaban J connectivity index is 2.47. The summed E-state index contributed by atoms with van der Waals surface area (Å²) in [7, 11) is 0. The van der Waals surface area contributed by atoms with Gasteiger partial charge in [0.05, 0.1) is 6.04 Å². The van der Waals surface area contributed by atoms with E-state index in [2.05, 4.69) is 0 Å². The fourth-order valence-electron chi connectivity index (χ4n) is 2.10. The molecular formula is C9H17F2N. The third-order valence-electron chi connectivity index (χ3n) is 2.96. The monoisotopic (exact) mass is 177 g/mol. The largest absolute Gasteiger partial charge is 0.323 e. The fraction of sp³-hybridized carbons (Fsp3) is 1.00. The molecule has 1 nitrogen and oxygen atoms in total. The van der Waals surface area contributed by atoms with E-state index in [1.165, 1.54) is 6.42 Å². The van der Waals surface area contributed by atoms with Gasteiger partial charge in [-0.15, -0.1) is 0 Å². The zero-order chi connectivity index (χ0) is 9.14. The van der Waals surface area contributed by atoms with E-state index in [1.54, 1.807) is 0 Å². The molecule has 1 aliphatic rings. The minimum atomic E-state index is -2.35. The topological polar surface area (TPSA) is 26.0 Å². The maximum absolute atomic E-state index is 12.3. The number of nitrogens with two attached hydrogens (primary N) is 1. The number of alkyl halides is 2. The highest BCUT2D eigenvalue weighted by Crippen LogP contribution is 2.32. The van der Waals surface area contributed by atoms with Crippen LogP contribution in [0.25, 0.3) is 0 Å². The second-order valence-corrected chi connectivity index (χ2v) is 3.84. The zero-order valence-corrected chi connectivity index (χ0v) is 7.47. The number of rotatable bonds is 2. The van der Waals surface area contributed by atoms with Crippen molar-refractivity contribution in [1.29, 1.82) is 0 Å². The first-order chi connectivity index (χ1) is 5.63. The lowest BCUT2D eigenvalue weighted by atomic mass is 9.76. The van der Waals surface area contributed by atoms with Crippen LogP contribution in [0.4, 0.5) is 8.78 Å². The Hall–Kier alpha value is -0.180. The quantitative estimate of drug-likeness (QED) is 0.688. The third-order valence-corrected chi connectivity index (χ3v) is 2.96. The summed E-state index contributed by atoms with van der Waals surface area (Å²) in [5.74, 6) is 0.418. The van der Waals surface area contributed by atoms with Crippen molar-refractivity contribution in [2.45, 2.75) is 45.1 Å². The lowest BCUT2D eigenvalue weighted by Crippen LogP contribution is -2.41. The Morgan fingerprint density at radius 2 is 1.83 bits per heavy atom. The molecule has 0 bridgehead atoms. The van der Waals surface area contributed by atoms with E-state index < -0.39 is 12.5 Å². The van der Waals surface area contributed by atoms with Gasteiger partial charge in [0, 0.05) is 0 Å². The first kappa shape index (κ1) is 9.90. The molecule has 0 saturated heterocycles. The van der Waals surface area contributed by atoms with Crippen LogP contribution < -0.4 is 5.73 Å². The van der Waals surface area contributed by atoms with Crippen LogP contribution in [0, 0.1) is 11.8 Å². The van der Waals surface area contributed by atoms with Gasteiger partial charge in [0.25, 0.3) is 6.43 Å². The summed E-state index contributed by atoms with van der Waals surface area (Å²) in [4.78, 5) is 0. The zero-order valence-electron chi connectivity index (χ0n) is 7.47. The van der Waals surface area contributed by atoms with Crippen LogP contribution in [-0.2, 0) is 0 Å². The molecule has 72 valence electrons. The number of hydrogen-bond donors (Lipinski definition) is 1. The molecule has 0 aromatic carbocycles. The van der Waals surface area contributed by atoms with Crippen LogP contribution in [0.3, 0.4) is 0 Å². The smallest absolute Gasteiger partial charge is 0.253 e. The van der Waals surface area contributed by atoms with Gasteiger partial charge >= 0.3 is 0 Å². The van der Waals surface area contributed by atoms with Crippen molar-refractivity contribution in [3.05, 3.63) is 0 Å². The minimum Gasteiger partial charge on any atom is -0.323 e. The first-order valence-electron chi connectivity index (χ1n) is 4.66. The van der Waals surface area contributed by atoms with E-state index in [1.807, 2.05) is 6.92 Å². The third kappa shape index (κ3) is 2.16. The van der Waals surface area contributed by atoms with E-state index in [4.69, 9.17) is 5.73 Å². The first-order valence-corrected chi connectivity index (χ1v) is 4.66. The standard InChI is InChI=1S/C9H17F2N/c1-6-4-2-3-5-7(6)8(12)9(10)11/h6-9H,2-5,12H2,1H3. The van der Waals surface area contributed by atoms with Gasteiger partial charge in [0.1, 0.15) is 0 Å². The van der Waals surface area contributed by atoms with E-state index in [9.17, 15) is 8.78 Å². The maximum atomic E-state index is 12.3. The van der Waals surface area contributed by atoms with Gasteiger partial charge in [-0.3, -0.25) is 0 Å². The molecule has 3 unspecified atom stereocenters. The van der Waals surface area contributed by atoms with Crippen molar-refractivity contribution in [1.82, 2.24) is 0 Å². The van der Waals surface area contributed by atoms with Gasteiger partial charge in [-0.25, -0.2) is 8.78 Å². The molecule has 1 rings (SSSR count). The molecule has 3 atom stereocenters. The van der Waals surface area contributed by atoms with Crippen molar-refractivity contribution >= 4 is 0 Å². The van der Waals surface area contributed by atoms with Crippen LogP contribution in [0.15, 0.2) is 0 Å². The van der Waals surface area contributed by atoms with E-state index in [0.717, 1.165) is 19.3 Å². The van der Waals surface area contributed by atoms with Crippen molar-refractivity contribution in [3.8, 4) is 0 Å². The molecule has 1 aliphatic carbocycles. The Labute approximate surface area is 72.3 Å². The molecule has 0 aromatic heterocycles. The summed E-state index contributed by atoms with van der Waals surface area (Å²) >= 11 is 0. The summed E-state index contributed by atoms with van der Waals surface area (Å²) < 4.78 is 24.5. The fourth-order valence-corrected chi connectivity index (χ4v) is 2.10. The van der Waals surface area contributed by atoms with Gasteiger partial charge in [-0.05, 0) is 18.3 Å². The average molecular weight is 177 g/mol. The van der Waals surface area contributed by atoms with E-state index in [0.29, 0.717) is 5.92 Å². The van der Waals surface area contributed by atoms with Crippen molar-refractivity contribution in [2.75, 3.05) is 0 Å². The van der Waals surface area contributed by atoms with Crippen molar-refractivity contribution in [2.24, 2.45) is 17.6 Å². The molecule has 0 amide bonds. The normalized spacial score (nSPS) is 33.8. The lowest BCUT2D eigenvalue weighted by Gasteiger charge is -2.32. The van der Waals surface area contributed by atoms with Crippen LogP contribution in [-0.4, -0.2) is 12.5 Å². The van der Waals surface area contributed by atoms with Crippen LogP contribution in [0.2, 0.25) is 0 Å². The Bertz CT molecular complexity index is 138. The molecule has 2 N–H and O–H groups in total. The van der Waals surface area contributed by atoms with Crippen molar-refractivity contribution in [3.63, 3.8) is 0 Å². The molecule has 0 aromatic rings. The lowest BCUT2D eigenvalue weighted by molar-refractivity contribution is 0.0594. The van der Waals surface area contributed by atoms with E-state index >= 15 is 0 Å². The second-order valence-electron chi connectivity index (χ2n) is 3.84. The molecule has 0 radical (unpaired) electrons. The SMILES string of the molecule is CC1CCCCC1C(N)C(F)F. The van der Waals surface area contributed by atoms with Gasteiger partial charge in [0.2, 0.25) is 0 Å². The van der Waals surface area contributed by atoms with Gasteiger partial charge in [-0.1, -0.05) is 26.2 Å². The summed E-state index contributed by atoms with van der Waals surface area (Å²) in [6.45, 7) is 2.03.